The quantitative estimate of drug-likeness (QED) is 0.581. The number of halogens is 3. The van der Waals surface area contributed by atoms with E-state index in [9.17, 15) is 26.4 Å². The molecule has 0 fully saturated rings. The Hall–Kier alpha value is -2.55. The molecule has 0 saturated carbocycles. The molecule has 1 N–H and O–H groups in total. The van der Waals surface area contributed by atoms with Crippen molar-refractivity contribution in [2.45, 2.75) is 44.2 Å². The predicted molar refractivity (Wildman–Crippen MR) is 110 cm³/mol. The van der Waals surface area contributed by atoms with Crippen LogP contribution in [0.25, 0.3) is 0 Å². The third-order valence-corrected chi connectivity index (χ3v) is 6.25. The second-order valence-electron chi connectivity index (χ2n) is 6.93. The molecule has 0 spiro atoms. The minimum Gasteiger partial charge on any atom is -0.355 e. The SMILES string of the molecule is CCCCCNC(=O)CN(c1cccc(C(F)(F)F)c1)S(=O)(=O)c1ccc(C)cc1. The number of hydrogen-bond acceptors (Lipinski definition) is 3. The van der Waals surface area contributed by atoms with Crippen LogP contribution in [-0.2, 0) is 21.0 Å². The van der Waals surface area contributed by atoms with Crippen LogP contribution in [0.1, 0.15) is 37.3 Å². The molecule has 0 unspecified atom stereocenters. The first-order chi connectivity index (χ1) is 14.1. The van der Waals surface area contributed by atoms with Crippen molar-refractivity contribution in [2.24, 2.45) is 0 Å². The highest BCUT2D eigenvalue weighted by atomic mass is 32.2. The summed E-state index contributed by atoms with van der Waals surface area (Å²) in [6, 6.07) is 9.85. The van der Waals surface area contributed by atoms with Crippen molar-refractivity contribution in [1.29, 1.82) is 0 Å². The first kappa shape index (κ1) is 23.7. The van der Waals surface area contributed by atoms with Gasteiger partial charge in [-0.15, -0.1) is 0 Å². The number of benzene rings is 2. The standard InChI is InChI=1S/C21H25F3N2O3S/c1-3-4-5-13-25-20(27)15-26(18-8-6-7-17(14-18)21(22,23)24)30(28,29)19-11-9-16(2)10-12-19/h6-12,14H,3-5,13,15H2,1-2H3,(H,25,27). The fourth-order valence-corrected chi connectivity index (χ4v) is 4.19. The van der Waals surface area contributed by atoms with Crippen molar-refractivity contribution >= 4 is 21.6 Å². The van der Waals surface area contributed by atoms with Crippen LogP contribution in [-0.4, -0.2) is 27.4 Å². The van der Waals surface area contributed by atoms with Gasteiger partial charge in [0.1, 0.15) is 6.54 Å². The number of sulfonamides is 1. The number of carbonyl (C=O) groups excluding carboxylic acids is 1. The number of anilines is 1. The van der Waals surface area contributed by atoms with E-state index in [0.717, 1.165) is 43.0 Å². The summed E-state index contributed by atoms with van der Waals surface area (Å²) in [6.07, 6.45) is -2.05. The van der Waals surface area contributed by atoms with E-state index in [0.29, 0.717) is 10.8 Å². The van der Waals surface area contributed by atoms with Crippen LogP contribution >= 0.6 is 0 Å². The maximum absolute atomic E-state index is 13.2. The molecule has 0 radical (unpaired) electrons. The van der Waals surface area contributed by atoms with E-state index in [1.54, 1.807) is 19.1 Å². The zero-order chi connectivity index (χ0) is 22.4. The number of hydrogen-bond donors (Lipinski definition) is 1. The van der Waals surface area contributed by atoms with Crippen LogP contribution in [0.5, 0.6) is 0 Å². The Bertz CT molecular complexity index is 958. The fraction of sp³-hybridized carbons (Fsp3) is 0.381. The summed E-state index contributed by atoms with van der Waals surface area (Å²) in [7, 11) is -4.26. The van der Waals surface area contributed by atoms with Gasteiger partial charge in [-0.05, 0) is 43.7 Å². The topological polar surface area (TPSA) is 66.5 Å². The Labute approximate surface area is 175 Å². The molecule has 2 aromatic rings. The lowest BCUT2D eigenvalue weighted by Crippen LogP contribution is -2.41. The molecule has 1 amide bonds. The van der Waals surface area contributed by atoms with E-state index >= 15 is 0 Å². The van der Waals surface area contributed by atoms with Crippen molar-refractivity contribution in [2.75, 3.05) is 17.4 Å². The smallest absolute Gasteiger partial charge is 0.355 e. The molecule has 0 atom stereocenters. The lowest BCUT2D eigenvalue weighted by molar-refractivity contribution is -0.137. The summed E-state index contributed by atoms with van der Waals surface area (Å²) in [5.41, 5.74) is -0.394. The molecule has 0 aliphatic carbocycles. The van der Waals surface area contributed by atoms with E-state index in [4.69, 9.17) is 0 Å². The van der Waals surface area contributed by atoms with Crippen molar-refractivity contribution in [3.05, 3.63) is 59.7 Å². The third-order valence-electron chi connectivity index (χ3n) is 4.46. The molecule has 2 aromatic carbocycles. The van der Waals surface area contributed by atoms with Crippen molar-refractivity contribution in [1.82, 2.24) is 5.32 Å². The Balaban J connectivity index is 2.40. The third kappa shape index (κ3) is 6.22. The molecule has 0 aromatic heterocycles. The number of alkyl halides is 3. The van der Waals surface area contributed by atoms with E-state index in [2.05, 4.69) is 5.32 Å². The summed E-state index contributed by atoms with van der Waals surface area (Å²) in [5, 5.41) is 2.63. The first-order valence-corrected chi connectivity index (χ1v) is 11.0. The number of unbranched alkanes of at least 4 members (excludes halogenated alkanes) is 2. The summed E-state index contributed by atoms with van der Waals surface area (Å²) in [6.45, 7) is 3.54. The van der Waals surface area contributed by atoms with E-state index < -0.39 is 34.2 Å². The Morgan fingerprint density at radius 3 is 2.33 bits per heavy atom. The second-order valence-corrected chi connectivity index (χ2v) is 8.79. The minimum absolute atomic E-state index is 0.107. The molecule has 0 heterocycles. The van der Waals surface area contributed by atoms with Gasteiger partial charge in [0.05, 0.1) is 16.1 Å². The molecule has 164 valence electrons. The normalized spacial score (nSPS) is 11.9. The molecule has 5 nitrogen and oxygen atoms in total. The maximum atomic E-state index is 13.2. The van der Waals surface area contributed by atoms with E-state index in [1.165, 1.54) is 18.2 Å². The monoisotopic (exact) mass is 442 g/mol. The van der Waals surface area contributed by atoms with Crippen molar-refractivity contribution in [3.8, 4) is 0 Å². The van der Waals surface area contributed by atoms with Crippen LogP contribution in [0.15, 0.2) is 53.4 Å². The van der Waals surface area contributed by atoms with Gasteiger partial charge in [-0.1, -0.05) is 43.5 Å². The Morgan fingerprint density at radius 2 is 1.73 bits per heavy atom. The van der Waals surface area contributed by atoms with Gasteiger partial charge in [0.2, 0.25) is 5.91 Å². The van der Waals surface area contributed by atoms with Gasteiger partial charge >= 0.3 is 6.18 Å². The lowest BCUT2D eigenvalue weighted by atomic mass is 10.2. The summed E-state index contributed by atoms with van der Waals surface area (Å²) in [4.78, 5) is 12.3. The van der Waals surface area contributed by atoms with E-state index in [-0.39, 0.29) is 10.6 Å². The van der Waals surface area contributed by atoms with Gasteiger partial charge in [0, 0.05) is 6.54 Å². The molecular formula is C21H25F3N2O3S. The molecule has 0 aliphatic heterocycles. The van der Waals surface area contributed by atoms with Gasteiger partial charge in [-0.3, -0.25) is 9.10 Å². The molecule has 0 bridgehead atoms. The van der Waals surface area contributed by atoms with Gasteiger partial charge in [-0.2, -0.15) is 13.2 Å². The number of amides is 1. The van der Waals surface area contributed by atoms with Crippen LogP contribution in [0, 0.1) is 6.92 Å². The highest BCUT2D eigenvalue weighted by Gasteiger charge is 2.33. The highest BCUT2D eigenvalue weighted by Crippen LogP contribution is 2.33. The van der Waals surface area contributed by atoms with Crippen LogP contribution in [0.2, 0.25) is 0 Å². The number of carbonyl (C=O) groups is 1. The molecule has 0 aliphatic rings. The van der Waals surface area contributed by atoms with E-state index in [1.807, 2.05) is 6.92 Å². The molecular weight excluding hydrogens is 417 g/mol. The van der Waals surface area contributed by atoms with Gasteiger partial charge < -0.3 is 5.32 Å². The van der Waals surface area contributed by atoms with Crippen LogP contribution in [0.4, 0.5) is 18.9 Å². The number of aryl methyl sites for hydroxylation is 1. The highest BCUT2D eigenvalue weighted by molar-refractivity contribution is 7.92. The molecule has 30 heavy (non-hydrogen) atoms. The molecule has 0 saturated heterocycles. The van der Waals surface area contributed by atoms with Gasteiger partial charge in [0.15, 0.2) is 0 Å². The summed E-state index contributed by atoms with van der Waals surface area (Å²) >= 11 is 0. The number of rotatable bonds is 9. The van der Waals surface area contributed by atoms with Crippen molar-refractivity contribution in [3.63, 3.8) is 0 Å². The Morgan fingerprint density at radius 1 is 1.07 bits per heavy atom. The number of nitrogens with zero attached hydrogens (tertiary/aromatic N) is 1. The predicted octanol–water partition coefficient (Wildman–Crippen LogP) is 4.52. The largest absolute Gasteiger partial charge is 0.416 e. The zero-order valence-corrected chi connectivity index (χ0v) is 17.7. The molecule has 2 rings (SSSR count). The average Bonchev–Trinajstić information content (AvgIpc) is 2.69. The zero-order valence-electron chi connectivity index (χ0n) is 16.9. The van der Waals surface area contributed by atoms with Crippen LogP contribution < -0.4 is 9.62 Å². The first-order valence-electron chi connectivity index (χ1n) is 9.59. The van der Waals surface area contributed by atoms with Gasteiger partial charge in [0.25, 0.3) is 10.0 Å². The average molecular weight is 443 g/mol. The van der Waals surface area contributed by atoms with Gasteiger partial charge in [-0.25, -0.2) is 8.42 Å². The fourth-order valence-electron chi connectivity index (χ4n) is 2.78. The number of nitrogens with one attached hydrogen (secondary N) is 1. The molecule has 9 heteroatoms. The summed E-state index contributed by atoms with van der Waals surface area (Å²) in [5.74, 6) is -0.584. The van der Waals surface area contributed by atoms with Crippen LogP contribution in [0.3, 0.4) is 0 Å². The Kier molecular flexibility index (Phi) is 7.89. The van der Waals surface area contributed by atoms with Crippen molar-refractivity contribution < 1.29 is 26.4 Å². The maximum Gasteiger partial charge on any atom is 0.416 e. The lowest BCUT2D eigenvalue weighted by Gasteiger charge is -2.25. The summed E-state index contributed by atoms with van der Waals surface area (Å²) < 4.78 is 66.5. The second kappa shape index (κ2) is 9.97. The minimum atomic E-state index is -4.64.